The first-order valence-electron chi connectivity index (χ1n) is 8.27. The van der Waals surface area contributed by atoms with Crippen LogP contribution in [0.4, 0.5) is 0 Å². The van der Waals surface area contributed by atoms with E-state index in [1.165, 1.54) is 0 Å². The molecule has 0 aromatic heterocycles. The molecular weight excluding hydrogens is 284 g/mol. The zero-order chi connectivity index (χ0) is 16.7. The first kappa shape index (κ1) is 17.1. The van der Waals surface area contributed by atoms with E-state index in [-0.39, 0.29) is 17.5 Å². The molecule has 2 heteroatoms. The molecule has 0 saturated carbocycles. The molecule has 1 unspecified atom stereocenters. The van der Waals surface area contributed by atoms with Crippen molar-refractivity contribution in [2.45, 2.75) is 39.5 Å². The molecule has 0 bridgehead atoms. The highest BCUT2D eigenvalue weighted by Crippen LogP contribution is 2.18. The number of aryl methyl sites for hydroxylation is 1. The lowest BCUT2D eigenvalue weighted by Crippen LogP contribution is -2.11. The van der Waals surface area contributed by atoms with E-state index in [2.05, 4.69) is 0 Å². The largest absolute Gasteiger partial charge is 0.295 e. The van der Waals surface area contributed by atoms with E-state index in [4.69, 9.17) is 0 Å². The summed E-state index contributed by atoms with van der Waals surface area (Å²) >= 11 is 0. The van der Waals surface area contributed by atoms with Gasteiger partial charge in [-0.3, -0.25) is 9.59 Å². The minimum absolute atomic E-state index is 0.0421. The molecule has 1 atom stereocenters. The standard InChI is InChI=1S/C21H24O2/c1-16(21(23)19-13-4-3-5-14-19)10-6-7-11-18-12-8-9-15-20(18)17(2)22/h3-5,8-9,12-16H,6-7,10-11H2,1-2H3. The van der Waals surface area contributed by atoms with Crippen molar-refractivity contribution >= 4 is 11.6 Å². The predicted molar refractivity (Wildman–Crippen MR) is 93.9 cm³/mol. The Morgan fingerprint density at radius 1 is 0.913 bits per heavy atom. The second-order valence-corrected chi connectivity index (χ2v) is 6.09. The van der Waals surface area contributed by atoms with Crippen molar-refractivity contribution in [1.29, 1.82) is 0 Å². The Kier molecular flexibility index (Phi) is 6.28. The van der Waals surface area contributed by atoms with Crippen LogP contribution in [0, 0.1) is 5.92 Å². The average molecular weight is 308 g/mol. The number of carbonyl (C=O) groups is 2. The van der Waals surface area contributed by atoms with E-state index < -0.39 is 0 Å². The molecule has 0 aliphatic rings. The van der Waals surface area contributed by atoms with Gasteiger partial charge in [-0.1, -0.05) is 67.9 Å². The zero-order valence-electron chi connectivity index (χ0n) is 13.9. The second-order valence-electron chi connectivity index (χ2n) is 6.09. The SMILES string of the molecule is CC(=O)c1ccccc1CCCCC(C)C(=O)c1ccccc1. The number of hydrogen-bond donors (Lipinski definition) is 0. The van der Waals surface area contributed by atoms with Gasteiger partial charge in [0.15, 0.2) is 11.6 Å². The lowest BCUT2D eigenvalue weighted by atomic mass is 9.93. The third-order valence-electron chi connectivity index (χ3n) is 4.24. The molecule has 0 radical (unpaired) electrons. The number of hydrogen-bond acceptors (Lipinski definition) is 2. The Hall–Kier alpha value is -2.22. The molecule has 0 amide bonds. The van der Waals surface area contributed by atoms with Gasteiger partial charge >= 0.3 is 0 Å². The van der Waals surface area contributed by atoms with Crippen LogP contribution < -0.4 is 0 Å². The topological polar surface area (TPSA) is 34.1 Å². The lowest BCUT2D eigenvalue weighted by molar-refractivity contribution is 0.0922. The maximum Gasteiger partial charge on any atom is 0.165 e. The second kappa shape index (κ2) is 8.42. The van der Waals surface area contributed by atoms with E-state index in [0.717, 1.165) is 42.4 Å². The molecule has 0 N–H and O–H groups in total. The van der Waals surface area contributed by atoms with Crippen LogP contribution in [-0.2, 0) is 6.42 Å². The highest BCUT2D eigenvalue weighted by molar-refractivity contribution is 5.97. The summed E-state index contributed by atoms with van der Waals surface area (Å²) in [4.78, 5) is 23.9. The monoisotopic (exact) mass is 308 g/mol. The van der Waals surface area contributed by atoms with E-state index in [1.54, 1.807) is 6.92 Å². The molecule has 0 fully saturated rings. The summed E-state index contributed by atoms with van der Waals surface area (Å²) in [7, 11) is 0. The molecule has 0 aliphatic carbocycles. The van der Waals surface area contributed by atoms with Gasteiger partial charge in [0.2, 0.25) is 0 Å². The van der Waals surface area contributed by atoms with E-state index in [0.29, 0.717) is 0 Å². The van der Waals surface area contributed by atoms with E-state index >= 15 is 0 Å². The predicted octanol–water partition coefficient (Wildman–Crippen LogP) is 5.12. The Morgan fingerprint density at radius 3 is 2.26 bits per heavy atom. The van der Waals surface area contributed by atoms with Crippen LogP contribution in [0.25, 0.3) is 0 Å². The van der Waals surface area contributed by atoms with Crippen LogP contribution >= 0.6 is 0 Å². The smallest absolute Gasteiger partial charge is 0.165 e. The van der Waals surface area contributed by atoms with Gasteiger partial charge in [-0.2, -0.15) is 0 Å². The minimum Gasteiger partial charge on any atom is -0.295 e. The summed E-state index contributed by atoms with van der Waals surface area (Å²) in [6.07, 6.45) is 3.76. The van der Waals surface area contributed by atoms with E-state index in [1.807, 2.05) is 61.5 Å². The summed E-state index contributed by atoms with van der Waals surface area (Å²) < 4.78 is 0. The molecular formula is C21H24O2. The number of ketones is 2. The number of benzene rings is 2. The van der Waals surface area contributed by atoms with Gasteiger partial charge < -0.3 is 0 Å². The van der Waals surface area contributed by atoms with Crippen LogP contribution in [0.2, 0.25) is 0 Å². The molecule has 0 saturated heterocycles. The molecule has 120 valence electrons. The molecule has 0 spiro atoms. The van der Waals surface area contributed by atoms with Crippen molar-refractivity contribution in [3.8, 4) is 0 Å². The fourth-order valence-corrected chi connectivity index (χ4v) is 2.87. The van der Waals surface area contributed by atoms with Crippen LogP contribution in [0.1, 0.15) is 59.4 Å². The molecule has 2 nitrogen and oxygen atoms in total. The van der Waals surface area contributed by atoms with E-state index in [9.17, 15) is 9.59 Å². The maximum absolute atomic E-state index is 12.3. The molecule has 0 aliphatic heterocycles. The van der Waals surface area contributed by atoms with Crippen molar-refractivity contribution in [1.82, 2.24) is 0 Å². The summed E-state index contributed by atoms with van der Waals surface area (Å²) in [6.45, 7) is 3.61. The zero-order valence-corrected chi connectivity index (χ0v) is 13.9. The Morgan fingerprint density at radius 2 is 1.57 bits per heavy atom. The highest BCUT2D eigenvalue weighted by atomic mass is 16.1. The maximum atomic E-state index is 12.3. The highest BCUT2D eigenvalue weighted by Gasteiger charge is 2.14. The van der Waals surface area contributed by atoms with Gasteiger partial charge in [-0.15, -0.1) is 0 Å². The van der Waals surface area contributed by atoms with Crippen LogP contribution in [0.3, 0.4) is 0 Å². The van der Waals surface area contributed by atoms with Crippen LogP contribution in [-0.4, -0.2) is 11.6 Å². The minimum atomic E-state index is 0.0421. The van der Waals surface area contributed by atoms with Crippen molar-refractivity contribution in [3.05, 3.63) is 71.3 Å². The Labute approximate surface area is 138 Å². The molecule has 2 aromatic rings. The van der Waals surface area contributed by atoms with Crippen molar-refractivity contribution in [2.75, 3.05) is 0 Å². The number of rotatable bonds is 8. The van der Waals surface area contributed by atoms with Gasteiger partial charge in [0.25, 0.3) is 0 Å². The number of unbranched alkanes of at least 4 members (excludes halogenated alkanes) is 1. The Balaban J connectivity index is 1.82. The third-order valence-corrected chi connectivity index (χ3v) is 4.24. The summed E-state index contributed by atoms with van der Waals surface area (Å²) in [5.41, 5.74) is 2.73. The van der Waals surface area contributed by atoms with Gasteiger partial charge in [0.05, 0.1) is 0 Å². The molecule has 2 rings (SSSR count). The van der Waals surface area contributed by atoms with Gasteiger partial charge in [0, 0.05) is 17.0 Å². The molecule has 23 heavy (non-hydrogen) atoms. The summed E-state index contributed by atoms with van der Waals surface area (Å²) in [5, 5.41) is 0. The van der Waals surface area contributed by atoms with Gasteiger partial charge in [0.1, 0.15) is 0 Å². The number of carbonyl (C=O) groups excluding carboxylic acids is 2. The fraction of sp³-hybridized carbons (Fsp3) is 0.333. The van der Waals surface area contributed by atoms with Crippen molar-refractivity contribution in [2.24, 2.45) is 5.92 Å². The van der Waals surface area contributed by atoms with Crippen LogP contribution in [0.15, 0.2) is 54.6 Å². The summed E-state index contributed by atoms with van der Waals surface area (Å²) in [5.74, 6) is 0.378. The summed E-state index contributed by atoms with van der Waals surface area (Å²) in [6, 6.07) is 17.3. The normalized spacial score (nSPS) is 11.9. The lowest BCUT2D eigenvalue weighted by Gasteiger charge is -2.11. The van der Waals surface area contributed by atoms with Crippen molar-refractivity contribution in [3.63, 3.8) is 0 Å². The number of Topliss-reactive ketones (excluding diaryl/α,β-unsaturated/α-hetero) is 2. The Bertz CT molecular complexity index is 659. The first-order chi connectivity index (χ1) is 11.1. The fourth-order valence-electron chi connectivity index (χ4n) is 2.87. The van der Waals surface area contributed by atoms with Gasteiger partial charge in [-0.25, -0.2) is 0 Å². The van der Waals surface area contributed by atoms with Crippen LogP contribution in [0.5, 0.6) is 0 Å². The molecule has 2 aromatic carbocycles. The third kappa shape index (κ3) is 4.88. The molecule has 0 heterocycles. The quantitative estimate of drug-likeness (QED) is 0.501. The first-order valence-corrected chi connectivity index (χ1v) is 8.27. The average Bonchev–Trinajstić information content (AvgIpc) is 2.58. The van der Waals surface area contributed by atoms with Crippen molar-refractivity contribution < 1.29 is 9.59 Å². The van der Waals surface area contributed by atoms with Gasteiger partial charge in [-0.05, 0) is 31.7 Å².